The first-order valence-electron chi connectivity index (χ1n) is 15.1. The molecule has 0 bridgehead atoms. The number of pyridine rings is 1. The number of carbonyl (C=O) groups is 1. The van der Waals surface area contributed by atoms with Gasteiger partial charge in [0.1, 0.15) is 24.1 Å². The Balaban J connectivity index is 1.05. The van der Waals surface area contributed by atoms with Crippen molar-refractivity contribution in [2.75, 3.05) is 44.3 Å². The van der Waals surface area contributed by atoms with E-state index in [-0.39, 0.29) is 18.7 Å². The van der Waals surface area contributed by atoms with E-state index in [2.05, 4.69) is 19.9 Å². The van der Waals surface area contributed by atoms with Gasteiger partial charge in [-0.25, -0.2) is 9.97 Å². The molecular formula is C30H44ClN5O7. The van der Waals surface area contributed by atoms with Crippen molar-refractivity contribution < 1.29 is 35.1 Å². The molecule has 2 aliphatic heterocycles. The maximum absolute atomic E-state index is 12.6. The van der Waals surface area contributed by atoms with Crippen LogP contribution in [0.25, 0.3) is 0 Å². The van der Waals surface area contributed by atoms with E-state index in [0.29, 0.717) is 54.4 Å². The summed E-state index contributed by atoms with van der Waals surface area (Å²) in [7, 11) is 0. The Labute approximate surface area is 257 Å². The quantitative estimate of drug-likeness (QED) is 0.171. The lowest BCUT2D eigenvalue weighted by atomic mass is 9.91. The molecule has 0 spiro atoms. The minimum atomic E-state index is -1.61. The number of nitrogens with zero attached hydrogens (tertiary/aromatic N) is 5. The first-order chi connectivity index (χ1) is 20.7. The molecule has 5 N–H and O–H groups in total. The number of hydrogen-bond donors (Lipinski definition) is 5. The molecule has 4 rings (SSSR count). The molecule has 0 saturated carbocycles. The first kappa shape index (κ1) is 33.3. The van der Waals surface area contributed by atoms with E-state index < -0.39 is 31.0 Å². The van der Waals surface area contributed by atoms with Crippen molar-refractivity contribution in [3.63, 3.8) is 0 Å². The molecule has 238 valence electrons. The van der Waals surface area contributed by atoms with Crippen LogP contribution < -0.4 is 9.64 Å². The maximum atomic E-state index is 12.6. The molecule has 4 heterocycles. The lowest BCUT2D eigenvalue weighted by Crippen LogP contribution is -2.50. The van der Waals surface area contributed by atoms with Crippen LogP contribution in [-0.4, -0.2) is 115 Å². The number of aliphatic hydroxyl groups is 5. The van der Waals surface area contributed by atoms with Gasteiger partial charge < -0.3 is 40.1 Å². The molecule has 0 aliphatic carbocycles. The van der Waals surface area contributed by atoms with E-state index in [0.717, 1.165) is 51.1 Å². The smallest absolute Gasteiger partial charge is 0.228 e. The molecular weight excluding hydrogens is 578 g/mol. The van der Waals surface area contributed by atoms with E-state index in [1.54, 1.807) is 23.5 Å². The molecule has 0 radical (unpaired) electrons. The summed E-state index contributed by atoms with van der Waals surface area (Å²) in [6.07, 6.45) is 5.22. The van der Waals surface area contributed by atoms with Crippen molar-refractivity contribution in [3.8, 4) is 5.75 Å². The third-order valence-electron chi connectivity index (χ3n) is 8.41. The average molecular weight is 622 g/mol. The number of carbonyl (C=O) groups excluding carboxylic acids is 1. The van der Waals surface area contributed by atoms with Crippen LogP contribution in [0.15, 0.2) is 30.7 Å². The molecule has 1 amide bonds. The fourth-order valence-electron chi connectivity index (χ4n) is 5.63. The molecule has 2 fully saturated rings. The predicted octanol–water partition coefficient (Wildman–Crippen LogP) is 1.21. The Morgan fingerprint density at radius 1 is 0.930 bits per heavy atom. The Morgan fingerprint density at radius 2 is 1.60 bits per heavy atom. The van der Waals surface area contributed by atoms with Gasteiger partial charge in [0.2, 0.25) is 11.9 Å². The van der Waals surface area contributed by atoms with Crippen LogP contribution in [0.2, 0.25) is 5.02 Å². The van der Waals surface area contributed by atoms with Crippen molar-refractivity contribution in [2.45, 2.75) is 75.8 Å². The highest BCUT2D eigenvalue weighted by Gasteiger charge is 2.32. The van der Waals surface area contributed by atoms with Gasteiger partial charge in [0.15, 0.2) is 0 Å². The second-order valence-corrected chi connectivity index (χ2v) is 12.1. The van der Waals surface area contributed by atoms with Crippen LogP contribution in [0.3, 0.4) is 0 Å². The number of amides is 1. The van der Waals surface area contributed by atoms with Crippen molar-refractivity contribution in [1.82, 2.24) is 19.9 Å². The Bertz CT molecular complexity index is 1110. The van der Waals surface area contributed by atoms with E-state index in [1.165, 1.54) is 0 Å². The Morgan fingerprint density at radius 3 is 2.26 bits per heavy atom. The van der Waals surface area contributed by atoms with Crippen LogP contribution in [-0.2, 0) is 11.2 Å². The Hall–Kier alpha value is -2.61. The molecule has 2 aromatic rings. The summed E-state index contributed by atoms with van der Waals surface area (Å²) in [6, 6.07) is 3.68. The molecule has 4 atom stereocenters. The third-order valence-corrected chi connectivity index (χ3v) is 8.60. The standard InChI is InChI=1S/C30H44ClN5O7/c31-22-14-33-30(34-15-22)35-10-8-20(9-11-35)4-2-12-43-24-7-6-23(32-16-24)13-27(40)36-17-21(18-36)3-1-5-25(38)28(41)29(42)26(39)19-37/h6-7,14-16,20-21,25-26,28-29,37-39,41-42H,1-5,8-13,17-19H2/t25-,26+,28+,29+/m0/s1. The van der Waals surface area contributed by atoms with E-state index in [1.807, 2.05) is 12.1 Å². The van der Waals surface area contributed by atoms with Gasteiger partial charge in [0, 0.05) is 31.9 Å². The topological polar surface area (TPSA) is 173 Å². The summed E-state index contributed by atoms with van der Waals surface area (Å²) in [5, 5.41) is 48.4. The van der Waals surface area contributed by atoms with Gasteiger partial charge >= 0.3 is 0 Å². The minimum absolute atomic E-state index is 0.0164. The molecule has 2 aromatic heterocycles. The van der Waals surface area contributed by atoms with Crippen molar-refractivity contribution in [1.29, 1.82) is 0 Å². The van der Waals surface area contributed by atoms with E-state index >= 15 is 0 Å². The highest BCUT2D eigenvalue weighted by Crippen LogP contribution is 2.26. The maximum Gasteiger partial charge on any atom is 0.228 e. The SMILES string of the molecule is O=C(Cc1ccc(OCCCC2CCN(c3ncc(Cl)cn3)CC2)cn1)N1CC(CCC[C@H](O)[C@@H](O)[C@H](O)[C@H](O)CO)C1. The van der Waals surface area contributed by atoms with Gasteiger partial charge in [-0.3, -0.25) is 9.78 Å². The zero-order chi connectivity index (χ0) is 30.8. The fraction of sp³-hybridized carbons (Fsp3) is 0.667. The largest absolute Gasteiger partial charge is 0.492 e. The van der Waals surface area contributed by atoms with Crippen LogP contribution in [0.5, 0.6) is 5.75 Å². The fourth-order valence-corrected chi connectivity index (χ4v) is 5.72. The molecule has 0 aromatic carbocycles. The summed E-state index contributed by atoms with van der Waals surface area (Å²) in [5.41, 5.74) is 0.693. The summed E-state index contributed by atoms with van der Waals surface area (Å²) < 4.78 is 5.88. The molecule has 2 saturated heterocycles. The second kappa shape index (κ2) is 16.5. The van der Waals surface area contributed by atoms with Crippen LogP contribution in [0.4, 0.5) is 5.95 Å². The van der Waals surface area contributed by atoms with Gasteiger partial charge in [0.05, 0.1) is 49.4 Å². The van der Waals surface area contributed by atoms with Gasteiger partial charge in [-0.1, -0.05) is 18.0 Å². The molecule has 13 heteroatoms. The molecule has 0 unspecified atom stereocenters. The summed E-state index contributed by atoms with van der Waals surface area (Å²) >= 11 is 5.88. The minimum Gasteiger partial charge on any atom is -0.492 e. The van der Waals surface area contributed by atoms with Crippen LogP contribution >= 0.6 is 11.6 Å². The first-order valence-corrected chi connectivity index (χ1v) is 15.5. The van der Waals surface area contributed by atoms with Crippen molar-refractivity contribution >= 4 is 23.5 Å². The van der Waals surface area contributed by atoms with Crippen molar-refractivity contribution in [3.05, 3.63) is 41.4 Å². The highest BCUT2D eigenvalue weighted by molar-refractivity contribution is 6.30. The number of piperidine rings is 1. The normalized spacial score (nSPS) is 19.0. The number of halogens is 1. The molecule has 43 heavy (non-hydrogen) atoms. The number of aromatic nitrogens is 3. The third kappa shape index (κ3) is 9.95. The monoisotopic (exact) mass is 621 g/mol. The van der Waals surface area contributed by atoms with Gasteiger partial charge in [-0.15, -0.1) is 0 Å². The predicted molar refractivity (Wildman–Crippen MR) is 160 cm³/mol. The van der Waals surface area contributed by atoms with Crippen molar-refractivity contribution in [2.24, 2.45) is 11.8 Å². The van der Waals surface area contributed by atoms with Gasteiger partial charge in [-0.05, 0) is 62.5 Å². The second-order valence-electron chi connectivity index (χ2n) is 11.7. The zero-order valence-corrected chi connectivity index (χ0v) is 25.2. The van der Waals surface area contributed by atoms with Crippen LogP contribution in [0, 0.1) is 11.8 Å². The highest BCUT2D eigenvalue weighted by atomic mass is 35.5. The van der Waals surface area contributed by atoms with Gasteiger partial charge in [-0.2, -0.15) is 0 Å². The summed E-state index contributed by atoms with van der Waals surface area (Å²) in [5.74, 6) is 2.42. The lowest BCUT2D eigenvalue weighted by Gasteiger charge is -2.39. The van der Waals surface area contributed by atoms with Gasteiger partial charge in [0.25, 0.3) is 0 Å². The number of anilines is 1. The summed E-state index contributed by atoms with van der Waals surface area (Å²) in [6.45, 7) is 3.08. The molecule has 2 aliphatic rings. The summed E-state index contributed by atoms with van der Waals surface area (Å²) in [4.78, 5) is 29.6. The number of rotatable bonds is 16. The van der Waals surface area contributed by atoms with E-state index in [9.17, 15) is 25.2 Å². The van der Waals surface area contributed by atoms with Crippen LogP contribution in [0.1, 0.15) is 50.6 Å². The van der Waals surface area contributed by atoms with E-state index in [4.69, 9.17) is 21.4 Å². The molecule has 12 nitrogen and oxygen atoms in total. The number of likely N-dealkylation sites (tertiary alicyclic amines) is 1. The Kier molecular flexibility index (Phi) is 12.7. The lowest BCUT2D eigenvalue weighted by molar-refractivity contribution is -0.137. The number of aliphatic hydroxyl groups excluding tert-OH is 5. The zero-order valence-electron chi connectivity index (χ0n) is 24.4. The number of ether oxygens (including phenoxy) is 1. The average Bonchev–Trinajstić information content (AvgIpc) is 3.00. The number of hydrogen-bond acceptors (Lipinski definition) is 11.